The van der Waals surface area contributed by atoms with Crippen molar-refractivity contribution in [2.45, 2.75) is 45.1 Å². The third-order valence-corrected chi connectivity index (χ3v) is 3.31. The maximum absolute atomic E-state index is 11.8. The van der Waals surface area contributed by atoms with Gasteiger partial charge in [0.1, 0.15) is 5.84 Å². The SMILES string of the molecule is CCC(CC(N)=NO)NCCC(=O)N1CCCC1. The molecule has 0 aromatic carbocycles. The lowest BCUT2D eigenvalue weighted by Crippen LogP contribution is -2.36. The first-order valence-electron chi connectivity index (χ1n) is 6.65. The number of oxime groups is 1. The van der Waals surface area contributed by atoms with Gasteiger partial charge in [-0.3, -0.25) is 4.79 Å². The molecule has 4 N–H and O–H groups in total. The first-order chi connectivity index (χ1) is 8.67. The van der Waals surface area contributed by atoms with Crippen LogP contribution in [0.5, 0.6) is 0 Å². The summed E-state index contributed by atoms with van der Waals surface area (Å²) in [6.07, 6.45) is 4.16. The van der Waals surface area contributed by atoms with Gasteiger partial charge < -0.3 is 21.2 Å². The lowest BCUT2D eigenvalue weighted by molar-refractivity contribution is -0.130. The van der Waals surface area contributed by atoms with E-state index in [2.05, 4.69) is 10.5 Å². The molecule has 1 rings (SSSR count). The van der Waals surface area contributed by atoms with Crippen molar-refractivity contribution in [1.82, 2.24) is 10.2 Å². The summed E-state index contributed by atoms with van der Waals surface area (Å²) in [6.45, 7) is 4.48. The first kappa shape index (κ1) is 14.8. The number of amidine groups is 1. The van der Waals surface area contributed by atoms with Gasteiger partial charge in [-0.2, -0.15) is 0 Å². The van der Waals surface area contributed by atoms with Crippen LogP contribution < -0.4 is 11.1 Å². The zero-order valence-electron chi connectivity index (χ0n) is 11.1. The molecule has 6 heteroatoms. The zero-order chi connectivity index (χ0) is 13.4. The van der Waals surface area contributed by atoms with Crippen LogP contribution in [0.25, 0.3) is 0 Å². The minimum atomic E-state index is 0.160. The van der Waals surface area contributed by atoms with Crippen LogP contribution in [0.2, 0.25) is 0 Å². The molecular weight excluding hydrogens is 232 g/mol. The van der Waals surface area contributed by atoms with E-state index in [9.17, 15) is 4.79 Å². The van der Waals surface area contributed by atoms with E-state index >= 15 is 0 Å². The van der Waals surface area contributed by atoms with Gasteiger partial charge in [-0.05, 0) is 19.3 Å². The molecule has 0 spiro atoms. The molecule has 0 aromatic rings. The van der Waals surface area contributed by atoms with Crippen LogP contribution in [0.3, 0.4) is 0 Å². The van der Waals surface area contributed by atoms with E-state index in [0.29, 0.717) is 19.4 Å². The van der Waals surface area contributed by atoms with Gasteiger partial charge in [0, 0.05) is 38.5 Å². The van der Waals surface area contributed by atoms with Crippen molar-refractivity contribution in [3.63, 3.8) is 0 Å². The molecule has 1 fully saturated rings. The van der Waals surface area contributed by atoms with Gasteiger partial charge in [0.15, 0.2) is 0 Å². The topological polar surface area (TPSA) is 91.0 Å². The summed E-state index contributed by atoms with van der Waals surface area (Å²) in [5, 5.41) is 14.7. The van der Waals surface area contributed by atoms with Crippen LogP contribution in [0.4, 0.5) is 0 Å². The van der Waals surface area contributed by atoms with E-state index < -0.39 is 0 Å². The molecule has 104 valence electrons. The predicted molar refractivity (Wildman–Crippen MR) is 70.5 cm³/mol. The van der Waals surface area contributed by atoms with E-state index in [1.807, 2.05) is 11.8 Å². The second-order valence-corrected chi connectivity index (χ2v) is 4.69. The Kier molecular flexibility index (Phi) is 6.49. The van der Waals surface area contributed by atoms with Crippen LogP contribution in [0.1, 0.15) is 39.0 Å². The number of rotatable bonds is 7. The standard InChI is InChI=1S/C12H24N4O2/c1-2-10(9-11(13)15-18)14-6-5-12(17)16-7-3-4-8-16/h10,14,18H,2-9H2,1H3,(H2,13,15). The van der Waals surface area contributed by atoms with E-state index in [1.165, 1.54) is 0 Å². The van der Waals surface area contributed by atoms with Crippen molar-refractivity contribution in [3.05, 3.63) is 0 Å². The number of hydrogen-bond donors (Lipinski definition) is 3. The van der Waals surface area contributed by atoms with E-state index in [-0.39, 0.29) is 17.8 Å². The number of nitrogens with two attached hydrogens (primary N) is 1. The van der Waals surface area contributed by atoms with E-state index in [0.717, 1.165) is 32.4 Å². The molecular formula is C12H24N4O2. The fourth-order valence-corrected chi connectivity index (χ4v) is 2.16. The number of amides is 1. The number of nitrogens with zero attached hydrogens (tertiary/aromatic N) is 2. The summed E-state index contributed by atoms with van der Waals surface area (Å²) in [4.78, 5) is 13.7. The predicted octanol–water partition coefficient (Wildman–Crippen LogP) is 0.504. The molecule has 1 amide bonds. The lowest BCUT2D eigenvalue weighted by atomic mass is 10.1. The number of hydrogen-bond acceptors (Lipinski definition) is 4. The summed E-state index contributed by atoms with van der Waals surface area (Å²) in [7, 11) is 0. The summed E-state index contributed by atoms with van der Waals surface area (Å²) >= 11 is 0. The van der Waals surface area contributed by atoms with Gasteiger partial charge in [0.05, 0.1) is 0 Å². The van der Waals surface area contributed by atoms with Crippen molar-refractivity contribution in [3.8, 4) is 0 Å². The quantitative estimate of drug-likeness (QED) is 0.268. The maximum atomic E-state index is 11.8. The van der Waals surface area contributed by atoms with E-state index in [1.54, 1.807) is 0 Å². The van der Waals surface area contributed by atoms with Crippen LogP contribution >= 0.6 is 0 Å². The Balaban J connectivity index is 2.20. The van der Waals surface area contributed by atoms with Gasteiger partial charge in [0.2, 0.25) is 5.91 Å². The first-order valence-corrected chi connectivity index (χ1v) is 6.65. The number of nitrogens with one attached hydrogen (secondary N) is 1. The molecule has 18 heavy (non-hydrogen) atoms. The summed E-state index contributed by atoms with van der Waals surface area (Å²) < 4.78 is 0. The largest absolute Gasteiger partial charge is 0.409 e. The Bertz CT molecular complexity index is 288. The van der Waals surface area contributed by atoms with Crippen LogP contribution in [0, 0.1) is 0 Å². The highest BCUT2D eigenvalue weighted by Gasteiger charge is 2.17. The smallest absolute Gasteiger partial charge is 0.223 e. The average Bonchev–Trinajstić information content (AvgIpc) is 2.91. The van der Waals surface area contributed by atoms with Crippen molar-refractivity contribution >= 4 is 11.7 Å². The highest BCUT2D eigenvalue weighted by molar-refractivity contribution is 5.80. The molecule has 6 nitrogen and oxygen atoms in total. The molecule has 1 atom stereocenters. The Morgan fingerprint density at radius 3 is 2.72 bits per heavy atom. The molecule has 0 aromatic heterocycles. The van der Waals surface area contributed by atoms with Crippen LogP contribution in [0.15, 0.2) is 5.16 Å². The number of carbonyl (C=O) groups excluding carboxylic acids is 1. The van der Waals surface area contributed by atoms with Crippen molar-refractivity contribution in [2.75, 3.05) is 19.6 Å². The third-order valence-electron chi connectivity index (χ3n) is 3.31. The fraction of sp³-hybridized carbons (Fsp3) is 0.833. The highest BCUT2D eigenvalue weighted by atomic mass is 16.4. The Hall–Kier alpha value is -1.30. The molecule has 1 heterocycles. The van der Waals surface area contributed by atoms with E-state index in [4.69, 9.17) is 10.9 Å². The Morgan fingerprint density at radius 1 is 1.50 bits per heavy atom. The van der Waals surface area contributed by atoms with Crippen LogP contribution in [-0.2, 0) is 4.79 Å². The summed E-state index contributed by atoms with van der Waals surface area (Å²) in [5.41, 5.74) is 5.47. The Morgan fingerprint density at radius 2 is 2.17 bits per heavy atom. The second kappa shape index (κ2) is 7.92. The van der Waals surface area contributed by atoms with Gasteiger partial charge >= 0.3 is 0 Å². The molecule has 1 unspecified atom stereocenters. The van der Waals surface area contributed by atoms with Crippen molar-refractivity contribution < 1.29 is 10.0 Å². The van der Waals surface area contributed by atoms with Crippen molar-refractivity contribution in [2.24, 2.45) is 10.9 Å². The molecule has 0 saturated carbocycles. The van der Waals surface area contributed by atoms with Gasteiger partial charge in [-0.25, -0.2) is 0 Å². The average molecular weight is 256 g/mol. The summed E-state index contributed by atoms with van der Waals surface area (Å²) in [5.74, 6) is 0.443. The fourth-order valence-electron chi connectivity index (χ4n) is 2.16. The molecule has 1 aliphatic rings. The Labute approximate surface area is 108 Å². The molecule has 1 aliphatic heterocycles. The minimum absolute atomic E-state index is 0.160. The lowest BCUT2D eigenvalue weighted by Gasteiger charge is -2.18. The van der Waals surface area contributed by atoms with Crippen molar-refractivity contribution in [1.29, 1.82) is 0 Å². The van der Waals surface area contributed by atoms with Gasteiger partial charge in [-0.15, -0.1) is 0 Å². The summed E-state index contributed by atoms with van der Waals surface area (Å²) in [6, 6.07) is 0.160. The highest BCUT2D eigenvalue weighted by Crippen LogP contribution is 2.08. The third kappa shape index (κ3) is 4.91. The monoisotopic (exact) mass is 256 g/mol. The van der Waals surface area contributed by atoms with Crippen LogP contribution in [-0.4, -0.2) is 47.5 Å². The molecule has 0 radical (unpaired) electrons. The maximum Gasteiger partial charge on any atom is 0.223 e. The second-order valence-electron chi connectivity index (χ2n) is 4.69. The molecule has 0 bridgehead atoms. The number of carbonyl (C=O) groups is 1. The van der Waals surface area contributed by atoms with Gasteiger partial charge in [0.25, 0.3) is 0 Å². The number of likely N-dealkylation sites (tertiary alicyclic amines) is 1. The zero-order valence-corrected chi connectivity index (χ0v) is 11.1. The molecule has 0 aliphatic carbocycles. The minimum Gasteiger partial charge on any atom is -0.409 e. The molecule has 1 saturated heterocycles. The normalized spacial score (nSPS) is 18.1. The van der Waals surface area contributed by atoms with Gasteiger partial charge in [-0.1, -0.05) is 12.1 Å².